The van der Waals surface area contributed by atoms with Crippen molar-refractivity contribution < 1.29 is 14.3 Å². The summed E-state index contributed by atoms with van der Waals surface area (Å²) in [7, 11) is 0. The Morgan fingerprint density at radius 1 is 1.11 bits per heavy atom. The van der Waals surface area contributed by atoms with Crippen LogP contribution in [0.25, 0.3) is 0 Å². The molecule has 4 heterocycles. The summed E-state index contributed by atoms with van der Waals surface area (Å²) in [6.45, 7) is 2.61. The van der Waals surface area contributed by atoms with Gasteiger partial charge in [0.05, 0.1) is 18.2 Å². The summed E-state index contributed by atoms with van der Waals surface area (Å²) in [5.41, 5.74) is 4.26. The first-order chi connectivity index (χ1) is 17.2. The topological polar surface area (TPSA) is 89.4 Å². The average Bonchev–Trinajstić information content (AvgIpc) is 3.66. The number of pyridine rings is 1. The number of nitrogens with zero attached hydrogens (tertiary/aromatic N) is 4. The van der Waals surface area contributed by atoms with Gasteiger partial charge in [0.15, 0.2) is 5.69 Å². The second kappa shape index (κ2) is 9.17. The van der Waals surface area contributed by atoms with Crippen molar-refractivity contribution in [2.75, 3.05) is 13.2 Å². The Kier molecular flexibility index (Phi) is 5.72. The zero-order valence-electron chi connectivity index (χ0n) is 19.7. The molecule has 1 saturated carbocycles. The van der Waals surface area contributed by atoms with Crippen LogP contribution in [0.15, 0.2) is 48.7 Å². The minimum absolute atomic E-state index is 0.0833. The van der Waals surface area contributed by atoms with E-state index in [1.807, 2.05) is 52.0 Å². The van der Waals surface area contributed by atoms with Gasteiger partial charge in [-0.25, -0.2) is 0 Å². The van der Waals surface area contributed by atoms with Crippen LogP contribution in [0.2, 0.25) is 0 Å². The molecule has 1 fully saturated rings. The molecule has 0 saturated heterocycles. The van der Waals surface area contributed by atoms with E-state index < -0.39 is 0 Å². The first-order valence-corrected chi connectivity index (χ1v) is 12.4. The number of aromatic nitrogens is 3. The fraction of sp³-hybridized carbons (Fsp3) is 0.407. The summed E-state index contributed by atoms with van der Waals surface area (Å²) in [6.07, 6.45) is 5.52. The lowest BCUT2D eigenvalue weighted by molar-refractivity contribution is -0.137. The van der Waals surface area contributed by atoms with Gasteiger partial charge in [-0.1, -0.05) is 24.3 Å². The molecule has 35 heavy (non-hydrogen) atoms. The molecule has 2 aliphatic heterocycles. The van der Waals surface area contributed by atoms with Crippen LogP contribution in [0, 0.1) is 11.8 Å². The van der Waals surface area contributed by atoms with Crippen LogP contribution in [-0.4, -0.2) is 44.6 Å². The van der Waals surface area contributed by atoms with E-state index in [4.69, 9.17) is 9.84 Å². The molecular formula is C27H29N5O3. The van der Waals surface area contributed by atoms with E-state index in [1.165, 1.54) is 12.8 Å². The molecule has 180 valence electrons. The Balaban J connectivity index is 1.21. The minimum atomic E-state index is -0.217. The van der Waals surface area contributed by atoms with E-state index in [9.17, 15) is 9.59 Å². The standard InChI is InChI=1S/C27H29N5O3/c33-26(29-14-21-6-3-4-11-28-21)25-22-16-31(12-10-23(22)32(30-25)15-18-8-9-18)27(34)20-13-19-5-1-2-7-24(19)35-17-20/h1-7,11,18,20H,8-10,12-17H2,(H,29,33)/t20-/m0/s1. The predicted octanol–water partition coefficient (Wildman–Crippen LogP) is 2.75. The van der Waals surface area contributed by atoms with Gasteiger partial charge in [0, 0.05) is 43.5 Å². The molecule has 0 unspecified atom stereocenters. The van der Waals surface area contributed by atoms with Crippen LogP contribution >= 0.6 is 0 Å². The zero-order valence-corrected chi connectivity index (χ0v) is 19.7. The molecular weight excluding hydrogens is 442 g/mol. The number of para-hydroxylation sites is 1. The molecule has 1 N–H and O–H groups in total. The first kappa shape index (κ1) is 21.8. The molecule has 8 nitrogen and oxygen atoms in total. The molecule has 2 aromatic heterocycles. The van der Waals surface area contributed by atoms with Crippen molar-refractivity contribution in [2.45, 2.75) is 45.3 Å². The van der Waals surface area contributed by atoms with Crippen LogP contribution in [0.5, 0.6) is 5.75 Å². The molecule has 2 amide bonds. The maximum atomic E-state index is 13.5. The Hall–Kier alpha value is -3.68. The Morgan fingerprint density at radius 2 is 1.97 bits per heavy atom. The monoisotopic (exact) mass is 471 g/mol. The van der Waals surface area contributed by atoms with E-state index >= 15 is 0 Å². The van der Waals surface area contributed by atoms with Crippen molar-refractivity contribution >= 4 is 11.8 Å². The molecule has 0 radical (unpaired) electrons. The summed E-state index contributed by atoms with van der Waals surface area (Å²) in [5, 5.41) is 7.71. The molecule has 0 bridgehead atoms. The lowest BCUT2D eigenvalue weighted by Crippen LogP contribution is -2.43. The van der Waals surface area contributed by atoms with E-state index in [0.29, 0.717) is 50.7 Å². The zero-order chi connectivity index (χ0) is 23.8. The van der Waals surface area contributed by atoms with Gasteiger partial charge in [-0.15, -0.1) is 0 Å². The third kappa shape index (κ3) is 4.52. The number of rotatable bonds is 6. The van der Waals surface area contributed by atoms with Crippen molar-refractivity contribution in [3.8, 4) is 5.75 Å². The second-order valence-electron chi connectivity index (χ2n) is 9.73. The summed E-state index contributed by atoms with van der Waals surface area (Å²) < 4.78 is 7.89. The molecule has 6 rings (SSSR count). The number of nitrogens with one attached hydrogen (secondary N) is 1. The summed E-state index contributed by atoms with van der Waals surface area (Å²) in [4.78, 5) is 32.8. The van der Waals surface area contributed by atoms with Crippen molar-refractivity contribution in [2.24, 2.45) is 11.8 Å². The normalized spacial score (nSPS) is 18.9. The van der Waals surface area contributed by atoms with Crippen LogP contribution in [0.4, 0.5) is 0 Å². The molecule has 3 aliphatic rings. The van der Waals surface area contributed by atoms with Gasteiger partial charge in [-0.3, -0.25) is 19.3 Å². The van der Waals surface area contributed by atoms with Crippen molar-refractivity contribution in [3.05, 3.63) is 76.9 Å². The molecule has 0 spiro atoms. The third-order valence-electron chi connectivity index (χ3n) is 7.17. The summed E-state index contributed by atoms with van der Waals surface area (Å²) in [6, 6.07) is 13.5. The third-order valence-corrected chi connectivity index (χ3v) is 7.17. The number of fused-ring (bicyclic) bond motifs is 2. The molecule has 3 aromatic rings. The van der Waals surface area contributed by atoms with E-state index in [2.05, 4.69) is 10.3 Å². The number of hydrogen-bond donors (Lipinski definition) is 1. The second-order valence-corrected chi connectivity index (χ2v) is 9.73. The number of ether oxygens (including phenoxy) is 1. The van der Waals surface area contributed by atoms with Gasteiger partial charge in [0.25, 0.3) is 5.91 Å². The highest BCUT2D eigenvalue weighted by atomic mass is 16.5. The molecule has 1 aliphatic carbocycles. The fourth-order valence-corrected chi connectivity index (χ4v) is 5.06. The SMILES string of the molecule is O=C(NCc1ccccn1)c1nn(CC2CC2)c2c1CN(C(=O)[C@@H]1COc3ccccc3C1)CC2. The van der Waals surface area contributed by atoms with Gasteiger partial charge in [-0.05, 0) is 48.9 Å². The molecule has 8 heteroatoms. The highest BCUT2D eigenvalue weighted by Crippen LogP contribution is 2.33. The van der Waals surface area contributed by atoms with E-state index in [1.54, 1.807) is 6.20 Å². The first-order valence-electron chi connectivity index (χ1n) is 12.4. The number of hydrogen-bond acceptors (Lipinski definition) is 5. The predicted molar refractivity (Wildman–Crippen MR) is 129 cm³/mol. The molecule has 1 atom stereocenters. The Morgan fingerprint density at radius 3 is 2.80 bits per heavy atom. The fourth-order valence-electron chi connectivity index (χ4n) is 5.06. The van der Waals surface area contributed by atoms with Gasteiger partial charge < -0.3 is 15.0 Å². The van der Waals surface area contributed by atoms with Crippen molar-refractivity contribution in [1.82, 2.24) is 25.0 Å². The number of carbonyl (C=O) groups is 2. The summed E-state index contributed by atoms with van der Waals surface area (Å²) in [5.74, 6) is 1.16. The van der Waals surface area contributed by atoms with Gasteiger partial charge in [-0.2, -0.15) is 5.10 Å². The lowest BCUT2D eigenvalue weighted by atomic mass is 9.94. The smallest absolute Gasteiger partial charge is 0.272 e. The van der Waals surface area contributed by atoms with E-state index in [-0.39, 0.29) is 17.7 Å². The highest BCUT2D eigenvalue weighted by Gasteiger charge is 2.35. The van der Waals surface area contributed by atoms with E-state index in [0.717, 1.165) is 34.8 Å². The van der Waals surface area contributed by atoms with Crippen molar-refractivity contribution in [3.63, 3.8) is 0 Å². The largest absolute Gasteiger partial charge is 0.492 e. The summed E-state index contributed by atoms with van der Waals surface area (Å²) >= 11 is 0. The Bertz CT molecular complexity index is 1250. The van der Waals surface area contributed by atoms with Crippen LogP contribution in [0.3, 0.4) is 0 Å². The number of amides is 2. The maximum Gasteiger partial charge on any atom is 0.272 e. The highest BCUT2D eigenvalue weighted by molar-refractivity contribution is 5.94. The maximum absolute atomic E-state index is 13.5. The quantitative estimate of drug-likeness (QED) is 0.597. The number of carbonyl (C=O) groups excluding carboxylic acids is 2. The van der Waals surface area contributed by atoms with Gasteiger partial charge in [0.1, 0.15) is 12.4 Å². The average molecular weight is 472 g/mol. The molecule has 1 aromatic carbocycles. The number of benzene rings is 1. The van der Waals surface area contributed by atoms with Gasteiger partial charge >= 0.3 is 0 Å². The van der Waals surface area contributed by atoms with Gasteiger partial charge in [0.2, 0.25) is 5.91 Å². The van der Waals surface area contributed by atoms with Crippen LogP contribution < -0.4 is 10.1 Å². The van der Waals surface area contributed by atoms with Crippen LogP contribution in [-0.2, 0) is 37.3 Å². The minimum Gasteiger partial charge on any atom is -0.492 e. The Labute approximate surface area is 204 Å². The lowest BCUT2D eigenvalue weighted by Gasteiger charge is -2.33. The van der Waals surface area contributed by atoms with Crippen LogP contribution in [0.1, 0.15) is 45.8 Å². The van der Waals surface area contributed by atoms with Crippen molar-refractivity contribution in [1.29, 1.82) is 0 Å².